The molecule has 0 fully saturated rings. The minimum atomic E-state index is 0.258. The van der Waals surface area contributed by atoms with E-state index in [9.17, 15) is 10.4 Å². The van der Waals surface area contributed by atoms with Gasteiger partial charge in [0.15, 0.2) is 0 Å². The molecule has 2 nitrogen and oxygen atoms in total. The molecule has 0 saturated heterocycles. The molecule has 0 aliphatic rings. The summed E-state index contributed by atoms with van der Waals surface area (Å²) in [6.07, 6.45) is 0. The van der Waals surface area contributed by atoms with Crippen LogP contribution in [0.1, 0.15) is 5.56 Å². The zero-order chi connectivity index (χ0) is 17.7. The van der Waals surface area contributed by atoms with Crippen molar-refractivity contribution in [2.75, 3.05) is 0 Å². The molecule has 0 aliphatic heterocycles. The van der Waals surface area contributed by atoms with Crippen LogP contribution in [-0.2, 0) is 0 Å². The van der Waals surface area contributed by atoms with Gasteiger partial charge in [-0.3, -0.25) is 0 Å². The second-order valence-corrected chi connectivity index (χ2v) is 7.34. The molecule has 0 unspecified atom stereocenters. The van der Waals surface area contributed by atoms with Crippen molar-refractivity contribution in [3.8, 4) is 22.9 Å². The number of aromatic hydroxyl groups is 1. The van der Waals surface area contributed by atoms with E-state index < -0.39 is 0 Å². The van der Waals surface area contributed by atoms with Crippen molar-refractivity contribution < 1.29 is 5.11 Å². The smallest absolute Gasteiger partial charge is 0.115 e. The van der Waals surface area contributed by atoms with Crippen LogP contribution in [0.3, 0.4) is 0 Å². The first-order valence-corrected chi connectivity index (χ1v) is 9.14. The van der Waals surface area contributed by atoms with Crippen molar-refractivity contribution in [1.29, 1.82) is 5.26 Å². The second-order valence-electron chi connectivity index (χ2n) is 6.29. The Hall–Kier alpha value is -3.35. The number of hydrogen-bond donors (Lipinski definition) is 1. The average molecular weight is 351 g/mol. The molecule has 1 aromatic heterocycles. The molecule has 0 spiro atoms. The third kappa shape index (κ3) is 2.10. The minimum absolute atomic E-state index is 0.258. The first kappa shape index (κ1) is 14.9. The van der Waals surface area contributed by atoms with Gasteiger partial charge in [0.25, 0.3) is 0 Å². The van der Waals surface area contributed by atoms with Crippen molar-refractivity contribution in [3.63, 3.8) is 0 Å². The maximum absolute atomic E-state index is 9.80. The van der Waals surface area contributed by atoms with Crippen molar-refractivity contribution in [2.24, 2.45) is 0 Å². The predicted octanol–water partition coefficient (Wildman–Crippen LogP) is 6.45. The van der Waals surface area contributed by atoms with E-state index in [4.69, 9.17) is 0 Å². The van der Waals surface area contributed by atoms with Crippen LogP contribution in [0.2, 0.25) is 0 Å². The molecular weight excluding hydrogens is 338 g/mol. The monoisotopic (exact) mass is 351 g/mol. The van der Waals surface area contributed by atoms with Crippen molar-refractivity contribution >= 4 is 42.3 Å². The zero-order valence-electron chi connectivity index (χ0n) is 13.7. The van der Waals surface area contributed by atoms with E-state index in [-0.39, 0.29) is 5.75 Å². The van der Waals surface area contributed by atoms with Crippen LogP contribution in [0.25, 0.3) is 42.1 Å². The highest BCUT2D eigenvalue weighted by molar-refractivity contribution is 7.26. The number of fused-ring (bicyclic) bond motifs is 4. The third-order valence-electron chi connectivity index (χ3n) is 4.80. The molecule has 0 amide bonds. The first-order chi connectivity index (χ1) is 12.8. The van der Waals surface area contributed by atoms with E-state index in [0.717, 1.165) is 42.2 Å². The van der Waals surface area contributed by atoms with Crippen LogP contribution < -0.4 is 0 Å². The number of rotatable bonds is 1. The van der Waals surface area contributed by atoms with Crippen LogP contribution in [0, 0.1) is 11.3 Å². The number of nitriles is 1. The Morgan fingerprint density at radius 1 is 0.846 bits per heavy atom. The van der Waals surface area contributed by atoms with Crippen LogP contribution in [0.5, 0.6) is 5.75 Å². The maximum Gasteiger partial charge on any atom is 0.115 e. The quantitative estimate of drug-likeness (QED) is 0.377. The van der Waals surface area contributed by atoms with Gasteiger partial charge in [0, 0.05) is 20.9 Å². The SMILES string of the molecule is N#Cc1c2ccccc2cc2c1sc1cccc(-c3ccc(O)cc3)c12. The van der Waals surface area contributed by atoms with E-state index in [1.807, 2.05) is 36.4 Å². The standard InChI is InChI=1S/C23H13NOS/c24-13-20-17-5-2-1-4-15(17)12-19-22-18(14-8-10-16(25)11-9-14)6-3-7-21(22)26-23(19)20/h1-12,25H. The van der Waals surface area contributed by atoms with Gasteiger partial charge < -0.3 is 5.11 Å². The molecule has 0 aliphatic carbocycles. The van der Waals surface area contributed by atoms with Gasteiger partial charge in [-0.25, -0.2) is 0 Å². The lowest BCUT2D eigenvalue weighted by Crippen LogP contribution is -1.82. The van der Waals surface area contributed by atoms with Crippen molar-refractivity contribution in [2.45, 2.75) is 0 Å². The largest absolute Gasteiger partial charge is 0.508 e. The van der Waals surface area contributed by atoms with E-state index in [1.165, 1.54) is 5.39 Å². The van der Waals surface area contributed by atoms with Crippen LogP contribution in [0.4, 0.5) is 0 Å². The Labute approximate surface area is 154 Å². The lowest BCUT2D eigenvalue weighted by Gasteiger charge is -2.06. The lowest BCUT2D eigenvalue weighted by atomic mass is 9.96. The highest BCUT2D eigenvalue weighted by Gasteiger charge is 2.15. The summed E-state index contributed by atoms with van der Waals surface area (Å²) in [6, 6.07) is 26.2. The van der Waals surface area contributed by atoms with E-state index in [2.05, 4.69) is 30.3 Å². The molecule has 0 radical (unpaired) electrons. The predicted molar refractivity (Wildman–Crippen MR) is 109 cm³/mol. The summed E-state index contributed by atoms with van der Waals surface area (Å²) >= 11 is 1.67. The number of phenols is 1. The number of thiophene rings is 1. The zero-order valence-corrected chi connectivity index (χ0v) is 14.5. The summed E-state index contributed by atoms with van der Waals surface area (Å²) in [5, 5.41) is 23.8. The van der Waals surface area contributed by atoms with E-state index in [1.54, 1.807) is 23.5 Å². The molecule has 0 saturated carbocycles. The van der Waals surface area contributed by atoms with Gasteiger partial charge in [-0.05, 0) is 40.8 Å². The number of benzene rings is 4. The van der Waals surface area contributed by atoms with Crippen LogP contribution >= 0.6 is 11.3 Å². The third-order valence-corrected chi connectivity index (χ3v) is 5.99. The summed E-state index contributed by atoms with van der Waals surface area (Å²) in [4.78, 5) is 0. The van der Waals surface area contributed by atoms with E-state index >= 15 is 0 Å². The van der Waals surface area contributed by atoms with E-state index in [0.29, 0.717) is 0 Å². The Morgan fingerprint density at radius 3 is 2.46 bits per heavy atom. The van der Waals surface area contributed by atoms with Gasteiger partial charge in [-0.1, -0.05) is 48.5 Å². The highest BCUT2D eigenvalue weighted by Crippen LogP contribution is 2.43. The summed E-state index contributed by atoms with van der Waals surface area (Å²) in [5.74, 6) is 0.258. The molecule has 4 aromatic carbocycles. The molecule has 3 heteroatoms. The highest BCUT2D eigenvalue weighted by atomic mass is 32.1. The Kier molecular flexibility index (Phi) is 3.21. The van der Waals surface area contributed by atoms with Gasteiger partial charge in [-0.2, -0.15) is 5.26 Å². The molecular formula is C23H13NOS. The first-order valence-electron chi connectivity index (χ1n) is 8.33. The fourth-order valence-corrected chi connectivity index (χ4v) is 4.83. The minimum Gasteiger partial charge on any atom is -0.508 e. The summed E-state index contributed by atoms with van der Waals surface area (Å²) in [5.41, 5.74) is 2.92. The molecule has 0 atom stereocenters. The summed E-state index contributed by atoms with van der Waals surface area (Å²) in [7, 11) is 0. The van der Waals surface area contributed by atoms with Crippen LogP contribution in [-0.4, -0.2) is 5.11 Å². The molecule has 1 N–H and O–H groups in total. The molecule has 26 heavy (non-hydrogen) atoms. The maximum atomic E-state index is 9.80. The normalized spacial score (nSPS) is 11.2. The fourth-order valence-electron chi connectivity index (χ4n) is 3.62. The van der Waals surface area contributed by atoms with Gasteiger partial charge in [0.05, 0.1) is 10.3 Å². The molecule has 0 bridgehead atoms. The molecule has 1 heterocycles. The topological polar surface area (TPSA) is 44.0 Å². The van der Waals surface area contributed by atoms with Gasteiger partial charge in [0.1, 0.15) is 11.8 Å². The van der Waals surface area contributed by atoms with Gasteiger partial charge in [-0.15, -0.1) is 11.3 Å². The van der Waals surface area contributed by atoms with Crippen molar-refractivity contribution in [1.82, 2.24) is 0 Å². The van der Waals surface area contributed by atoms with Gasteiger partial charge >= 0.3 is 0 Å². The molecule has 5 rings (SSSR count). The number of hydrogen-bond acceptors (Lipinski definition) is 3. The van der Waals surface area contributed by atoms with Crippen molar-refractivity contribution in [3.05, 3.63) is 78.4 Å². The van der Waals surface area contributed by atoms with Gasteiger partial charge in [0.2, 0.25) is 0 Å². The number of nitrogens with zero attached hydrogens (tertiary/aromatic N) is 1. The lowest BCUT2D eigenvalue weighted by molar-refractivity contribution is 0.475. The fraction of sp³-hybridized carbons (Fsp3) is 0. The Bertz CT molecular complexity index is 1340. The summed E-state index contributed by atoms with van der Waals surface area (Å²) < 4.78 is 2.20. The average Bonchev–Trinajstić information content (AvgIpc) is 3.05. The Balaban J connectivity index is 1.97. The second kappa shape index (κ2) is 5.59. The summed E-state index contributed by atoms with van der Waals surface area (Å²) in [6.45, 7) is 0. The number of phenolic OH excluding ortho intramolecular Hbond substituents is 1. The van der Waals surface area contributed by atoms with Crippen LogP contribution in [0.15, 0.2) is 72.8 Å². The molecule has 5 aromatic rings. The molecule has 122 valence electrons. The Morgan fingerprint density at radius 2 is 1.65 bits per heavy atom.